The number of nitrogens with one attached hydrogen (secondary N) is 1. The van der Waals surface area contributed by atoms with E-state index in [1.54, 1.807) is 5.56 Å². The van der Waals surface area contributed by atoms with E-state index in [0.29, 0.717) is 6.04 Å². The number of rotatable bonds is 4. The molecule has 1 aliphatic carbocycles. The summed E-state index contributed by atoms with van der Waals surface area (Å²) in [6.07, 6.45) is 4.15. The van der Waals surface area contributed by atoms with Crippen LogP contribution in [-0.4, -0.2) is 12.6 Å². The fraction of sp³-hybridized carbons (Fsp3) is 0.647. The highest BCUT2D eigenvalue weighted by Gasteiger charge is 2.29. The Labute approximate surface area is 112 Å². The first-order chi connectivity index (χ1) is 8.58. The number of aryl methyl sites for hydroxylation is 2. The van der Waals surface area contributed by atoms with Crippen molar-refractivity contribution in [2.24, 2.45) is 5.92 Å². The number of hydrogen-bond donors (Lipinski definition) is 1. The van der Waals surface area contributed by atoms with E-state index in [4.69, 9.17) is 0 Å². The summed E-state index contributed by atoms with van der Waals surface area (Å²) < 4.78 is 0. The maximum absolute atomic E-state index is 3.62. The molecule has 1 aliphatic rings. The van der Waals surface area contributed by atoms with Crippen molar-refractivity contribution in [2.45, 2.75) is 58.9 Å². The third-order valence-electron chi connectivity index (χ3n) is 4.28. The Morgan fingerprint density at radius 1 is 1.22 bits per heavy atom. The van der Waals surface area contributed by atoms with E-state index in [0.717, 1.165) is 11.8 Å². The summed E-state index contributed by atoms with van der Waals surface area (Å²) in [5, 5.41) is 3.62. The largest absolute Gasteiger partial charge is 0.314 e. The molecular weight excluding hydrogens is 218 g/mol. The van der Waals surface area contributed by atoms with Crippen LogP contribution in [0, 0.1) is 19.8 Å². The van der Waals surface area contributed by atoms with E-state index in [2.05, 4.69) is 51.2 Å². The third-order valence-corrected chi connectivity index (χ3v) is 4.28. The zero-order chi connectivity index (χ0) is 13.1. The van der Waals surface area contributed by atoms with Gasteiger partial charge < -0.3 is 5.32 Å². The predicted molar refractivity (Wildman–Crippen MR) is 79.1 cm³/mol. The van der Waals surface area contributed by atoms with Gasteiger partial charge in [0.05, 0.1) is 0 Å². The molecule has 2 atom stereocenters. The fourth-order valence-electron chi connectivity index (χ4n) is 3.24. The molecule has 18 heavy (non-hydrogen) atoms. The molecule has 0 spiro atoms. The summed E-state index contributed by atoms with van der Waals surface area (Å²) in [5.74, 6) is 1.60. The van der Waals surface area contributed by atoms with Gasteiger partial charge in [-0.25, -0.2) is 0 Å². The van der Waals surface area contributed by atoms with Gasteiger partial charge in [0.1, 0.15) is 0 Å². The summed E-state index contributed by atoms with van der Waals surface area (Å²) in [5.41, 5.74) is 4.48. The average Bonchev–Trinajstić information content (AvgIpc) is 2.77. The highest BCUT2D eigenvalue weighted by molar-refractivity contribution is 5.34. The van der Waals surface area contributed by atoms with Crippen molar-refractivity contribution in [3.8, 4) is 0 Å². The molecular formula is C17H27N. The Bertz CT molecular complexity index is 395. The second-order valence-electron chi connectivity index (χ2n) is 6.22. The maximum Gasteiger partial charge on any atom is 0.00104 e. The van der Waals surface area contributed by atoms with Crippen molar-refractivity contribution in [3.63, 3.8) is 0 Å². The molecule has 0 radical (unpaired) electrons. The Morgan fingerprint density at radius 2 is 2.00 bits per heavy atom. The van der Waals surface area contributed by atoms with Gasteiger partial charge in [0.2, 0.25) is 0 Å². The van der Waals surface area contributed by atoms with Gasteiger partial charge in [-0.3, -0.25) is 0 Å². The molecule has 1 aromatic rings. The molecule has 2 rings (SSSR count). The van der Waals surface area contributed by atoms with Crippen LogP contribution < -0.4 is 5.32 Å². The van der Waals surface area contributed by atoms with Crippen LogP contribution in [0.3, 0.4) is 0 Å². The minimum Gasteiger partial charge on any atom is -0.314 e. The van der Waals surface area contributed by atoms with Crippen LogP contribution in [0.5, 0.6) is 0 Å². The summed E-state index contributed by atoms with van der Waals surface area (Å²) in [6, 6.07) is 7.53. The Morgan fingerprint density at radius 3 is 2.72 bits per heavy atom. The van der Waals surface area contributed by atoms with Crippen molar-refractivity contribution in [2.75, 3.05) is 6.54 Å². The molecule has 1 heteroatoms. The van der Waals surface area contributed by atoms with Crippen LogP contribution >= 0.6 is 0 Å². The zero-order valence-electron chi connectivity index (χ0n) is 12.3. The van der Waals surface area contributed by atoms with E-state index >= 15 is 0 Å². The lowest BCUT2D eigenvalue weighted by Crippen LogP contribution is -2.30. The maximum atomic E-state index is 3.62. The predicted octanol–water partition coefficient (Wildman–Crippen LogP) is 4.19. The molecule has 1 aromatic carbocycles. The molecule has 0 saturated heterocycles. The van der Waals surface area contributed by atoms with Crippen LogP contribution in [-0.2, 0) is 0 Å². The van der Waals surface area contributed by atoms with Crippen LogP contribution in [0.25, 0.3) is 0 Å². The summed E-state index contributed by atoms with van der Waals surface area (Å²) in [6.45, 7) is 10.1. The van der Waals surface area contributed by atoms with Crippen molar-refractivity contribution < 1.29 is 0 Å². The van der Waals surface area contributed by atoms with E-state index in [1.807, 2.05) is 0 Å². The molecule has 0 aromatic heterocycles. The van der Waals surface area contributed by atoms with Crippen LogP contribution in [0.2, 0.25) is 0 Å². The summed E-state index contributed by atoms with van der Waals surface area (Å²) in [7, 11) is 0. The van der Waals surface area contributed by atoms with Gasteiger partial charge in [0, 0.05) is 6.04 Å². The number of hydrogen-bond acceptors (Lipinski definition) is 1. The molecule has 1 saturated carbocycles. The van der Waals surface area contributed by atoms with E-state index in [1.165, 1.54) is 36.9 Å². The van der Waals surface area contributed by atoms with Crippen molar-refractivity contribution >= 4 is 0 Å². The van der Waals surface area contributed by atoms with Crippen molar-refractivity contribution in [1.82, 2.24) is 5.32 Å². The quantitative estimate of drug-likeness (QED) is 0.839. The molecule has 0 aliphatic heterocycles. The first-order valence-electron chi connectivity index (χ1n) is 7.38. The van der Waals surface area contributed by atoms with Crippen LogP contribution in [0.15, 0.2) is 18.2 Å². The van der Waals surface area contributed by atoms with Gasteiger partial charge in [0.25, 0.3) is 0 Å². The van der Waals surface area contributed by atoms with E-state index in [9.17, 15) is 0 Å². The Balaban J connectivity index is 2.13. The normalized spacial score (nSPS) is 23.8. The molecule has 0 amide bonds. The molecule has 100 valence electrons. The SMILES string of the molecule is Cc1ccc(C)c(C2CCCC2CNC(C)C)c1. The lowest BCUT2D eigenvalue weighted by atomic mass is 9.85. The van der Waals surface area contributed by atoms with Gasteiger partial charge in [-0.15, -0.1) is 0 Å². The van der Waals surface area contributed by atoms with Crippen molar-refractivity contribution in [1.29, 1.82) is 0 Å². The van der Waals surface area contributed by atoms with Crippen LogP contribution in [0.1, 0.15) is 55.7 Å². The van der Waals surface area contributed by atoms with Gasteiger partial charge in [-0.05, 0) is 56.2 Å². The lowest BCUT2D eigenvalue weighted by Gasteiger charge is -2.23. The minimum atomic E-state index is 0.602. The molecule has 2 unspecified atom stereocenters. The summed E-state index contributed by atoms with van der Waals surface area (Å²) in [4.78, 5) is 0. The molecule has 0 bridgehead atoms. The second kappa shape index (κ2) is 5.88. The monoisotopic (exact) mass is 245 g/mol. The molecule has 1 nitrogen and oxygen atoms in total. The van der Waals surface area contributed by atoms with E-state index in [-0.39, 0.29) is 0 Å². The Kier molecular flexibility index (Phi) is 4.45. The molecule has 1 N–H and O–H groups in total. The zero-order valence-corrected chi connectivity index (χ0v) is 12.3. The first kappa shape index (κ1) is 13.6. The number of benzene rings is 1. The Hall–Kier alpha value is -0.820. The minimum absolute atomic E-state index is 0.602. The van der Waals surface area contributed by atoms with Crippen molar-refractivity contribution in [3.05, 3.63) is 34.9 Å². The first-order valence-corrected chi connectivity index (χ1v) is 7.38. The van der Waals surface area contributed by atoms with E-state index < -0.39 is 0 Å². The van der Waals surface area contributed by atoms with Gasteiger partial charge in [-0.1, -0.05) is 44.0 Å². The summed E-state index contributed by atoms with van der Waals surface area (Å²) >= 11 is 0. The standard InChI is InChI=1S/C17H27N/c1-12(2)18-11-15-6-5-7-16(15)17-10-13(3)8-9-14(17)4/h8-10,12,15-16,18H,5-7,11H2,1-4H3. The average molecular weight is 245 g/mol. The second-order valence-corrected chi connectivity index (χ2v) is 6.22. The highest BCUT2D eigenvalue weighted by Crippen LogP contribution is 2.40. The van der Waals surface area contributed by atoms with Gasteiger partial charge in [-0.2, -0.15) is 0 Å². The molecule has 1 fully saturated rings. The van der Waals surface area contributed by atoms with Gasteiger partial charge in [0.15, 0.2) is 0 Å². The molecule has 0 heterocycles. The fourth-order valence-corrected chi connectivity index (χ4v) is 3.24. The smallest absolute Gasteiger partial charge is 0.00104 e. The highest BCUT2D eigenvalue weighted by atomic mass is 14.9. The van der Waals surface area contributed by atoms with Gasteiger partial charge >= 0.3 is 0 Å². The lowest BCUT2D eigenvalue weighted by molar-refractivity contribution is 0.422. The van der Waals surface area contributed by atoms with Crippen LogP contribution in [0.4, 0.5) is 0 Å². The third kappa shape index (κ3) is 3.14. The topological polar surface area (TPSA) is 12.0 Å².